The molecule has 20 heteroatoms. The lowest BCUT2D eigenvalue weighted by Crippen LogP contribution is -2.23. The molecule has 4 heterocycles. The van der Waals surface area contributed by atoms with E-state index in [-0.39, 0.29) is 51.2 Å². The van der Waals surface area contributed by atoms with Gasteiger partial charge in [-0.1, -0.05) is 12.1 Å². The first-order chi connectivity index (χ1) is 24.7. The molecule has 3 N–H and O–H groups in total. The number of thiophene rings is 2. The average molecular weight is 772 g/mol. The van der Waals surface area contributed by atoms with E-state index in [0.717, 1.165) is 32.0 Å². The largest absolute Gasteiger partial charge is 0.456 e. The van der Waals surface area contributed by atoms with Gasteiger partial charge in [-0.15, -0.1) is 32.9 Å². The first-order valence-electron chi connectivity index (χ1n) is 15.9. The first-order valence-corrected chi connectivity index (χ1v) is 17.5. The highest BCUT2D eigenvalue weighted by atomic mass is 32.1. The van der Waals surface area contributed by atoms with Gasteiger partial charge in [0.05, 0.1) is 28.9 Å². The zero-order valence-electron chi connectivity index (χ0n) is 30.0. The maximum atomic E-state index is 12.7. The minimum absolute atomic E-state index is 0.0535. The van der Waals surface area contributed by atoms with Crippen molar-refractivity contribution in [3.63, 3.8) is 0 Å². The number of hydrogen-bond donors (Lipinski definition) is 2. The van der Waals surface area contributed by atoms with E-state index in [2.05, 4.69) is 15.5 Å². The number of nitro benzene ring substituents is 1. The number of amides is 1. The predicted molar refractivity (Wildman–Crippen MR) is 196 cm³/mol. The topological polar surface area (TPSA) is 239 Å². The molecular weight excluding hydrogens is 735 g/mol. The van der Waals surface area contributed by atoms with Gasteiger partial charge in [0.15, 0.2) is 11.6 Å². The molecule has 1 amide bonds. The normalized spacial score (nSPS) is 11.4. The van der Waals surface area contributed by atoms with Crippen LogP contribution in [0, 0.1) is 10.1 Å². The molecule has 282 valence electrons. The monoisotopic (exact) mass is 771 g/mol. The second-order valence-corrected chi connectivity index (χ2v) is 14.9. The smallest absolute Gasteiger partial charge is 0.436 e. The summed E-state index contributed by atoms with van der Waals surface area (Å²) in [5.74, 6) is -1.74. The summed E-state index contributed by atoms with van der Waals surface area (Å²) in [6.45, 7) is 14.1. The van der Waals surface area contributed by atoms with Gasteiger partial charge in [0.2, 0.25) is 0 Å². The highest BCUT2D eigenvalue weighted by molar-refractivity contribution is 7.21. The molecule has 0 unspecified atom stereocenters. The summed E-state index contributed by atoms with van der Waals surface area (Å²) in [5.41, 5.74) is 3.88. The number of nitrogens with one attached hydrogen (secondary N) is 1. The summed E-state index contributed by atoms with van der Waals surface area (Å²) in [4.78, 5) is 73.3. The molecule has 5 rings (SSSR count). The lowest BCUT2D eigenvalue weighted by Gasteiger charge is -2.18. The Bertz CT molecular complexity index is 2220. The van der Waals surface area contributed by atoms with Crippen molar-refractivity contribution in [1.82, 2.24) is 19.6 Å². The highest BCUT2D eigenvalue weighted by Crippen LogP contribution is 2.34. The predicted octanol–water partition coefficient (Wildman–Crippen LogP) is 6.86. The Hall–Kier alpha value is -5.89. The van der Waals surface area contributed by atoms with Crippen molar-refractivity contribution in [1.29, 1.82) is 0 Å². The summed E-state index contributed by atoms with van der Waals surface area (Å²) in [6, 6.07) is 8.44. The van der Waals surface area contributed by atoms with Gasteiger partial charge in [0.1, 0.15) is 36.2 Å². The van der Waals surface area contributed by atoms with Crippen LogP contribution in [0.4, 0.5) is 26.9 Å². The number of aromatic nitrogens is 4. The second-order valence-electron chi connectivity index (χ2n) is 12.8. The van der Waals surface area contributed by atoms with Gasteiger partial charge in [0.25, 0.3) is 11.6 Å². The van der Waals surface area contributed by atoms with Crippen molar-refractivity contribution in [3.05, 3.63) is 61.8 Å². The summed E-state index contributed by atoms with van der Waals surface area (Å²) in [6.07, 6.45) is -1.43. The number of fused-ring (bicyclic) bond motifs is 2. The minimum atomic E-state index is -0.804. The summed E-state index contributed by atoms with van der Waals surface area (Å²) in [5, 5.41) is 22.6. The molecule has 0 radical (unpaired) electrons. The molecular formula is C33H37N7O11S2. The fraction of sp³-hybridized carbons (Fsp3) is 0.364. The molecule has 0 bridgehead atoms. The summed E-state index contributed by atoms with van der Waals surface area (Å²) < 4.78 is 22.5. The van der Waals surface area contributed by atoms with Crippen LogP contribution in [0.15, 0.2) is 36.4 Å². The number of carbonyl (C=O) groups excluding carboxylic acids is 5. The zero-order valence-corrected chi connectivity index (χ0v) is 31.6. The van der Waals surface area contributed by atoms with Crippen LogP contribution in [0.5, 0.6) is 0 Å². The quantitative estimate of drug-likeness (QED) is 0.0744. The van der Waals surface area contributed by atoms with E-state index in [1.165, 1.54) is 30.3 Å². The van der Waals surface area contributed by atoms with Gasteiger partial charge < -0.3 is 30.0 Å². The first kappa shape index (κ1) is 39.9. The van der Waals surface area contributed by atoms with Gasteiger partial charge in [-0.3, -0.25) is 14.9 Å². The number of hydrogen-bond acceptors (Lipinski definition) is 16. The third kappa shape index (κ3) is 9.51. The van der Waals surface area contributed by atoms with E-state index < -0.39 is 46.2 Å². The number of nitrogen functional groups attached to an aromatic ring is 1. The molecule has 0 aliphatic heterocycles. The number of ether oxygens (including phenoxy) is 4. The van der Waals surface area contributed by atoms with Crippen LogP contribution < -0.4 is 11.1 Å². The fourth-order valence-electron chi connectivity index (χ4n) is 4.40. The number of nitrogens with zero attached hydrogens (tertiary/aromatic N) is 5. The fourth-order valence-corrected chi connectivity index (χ4v) is 6.37. The molecule has 0 saturated heterocycles. The van der Waals surface area contributed by atoms with Crippen LogP contribution in [0.25, 0.3) is 20.4 Å². The number of benzene rings is 1. The van der Waals surface area contributed by atoms with Gasteiger partial charge >= 0.3 is 24.1 Å². The molecule has 0 fully saturated rings. The number of esters is 2. The molecule has 53 heavy (non-hydrogen) atoms. The van der Waals surface area contributed by atoms with E-state index in [0.29, 0.717) is 15.1 Å². The van der Waals surface area contributed by atoms with Crippen LogP contribution in [0.3, 0.4) is 0 Å². The standard InChI is InChI=1S/C20H20N4O7S.C13H17N3O4S/c1-5-30-19(27)23-17-12(10-14(32-17)18(26)31-20(2,3)4)15(22-23)21-16(25)11-8-6-7-9-13(11)24(28)29;1-5-19-12(18)16-10-7(9(14)15-16)6-8(21-10)11(17)20-13(2,3)4/h6-10H,5H2,1-4H3,(H,21,22,25);6H,5H2,1-4H3,(H2,14,15). The van der Waals surface area contributed by atoms with Gasteiger partial charge in [-0.2, -0.15) is 9.36 Å². The minimum Gasteiger partial charge on any atom is -0.456 e. The molecule has 5 aromatic rings. The Kier molecular flexibility index (Phi) is 11.9. The van der Waals surface area contributed by atoms with Crippen molar-refractivity contribution < 1.29 is 47.8 Å². The Morgan fingerprint density at radius 2 is 1.28 bits per heavy atom. The van der Waals surface area contributed by atoms with Crippen molar-refractivity contribution in [2.75, 3.05) is 24.3 Å². The van der Waals surface area contributed by atoms with E-state index in [1.807, 2.05) is 0 Å². The molecule has 0 aliphatic rings. The van der Waals surface area contributed by atoms with E-state index in [1.54, 1.807) is 61.5 Å². The maximum absolute atomic E-state index is 12.7. The average Bonchev–Trinajstić information content (AvgIpc) is 3.82. The molecule has 1 aromatic carbocycles. The Morgan fingerprint density at radius 3 is 1.77 bits per heavy atom. The summed E-state index contributed by atoms with van der Waals surface area (Å²) in [7, 11) is 0. The Morgan fingerprint density at radius 1 is 0.811 bits per heavy atom. The number of para-hydroxylation sites is 1. The molecule has 4 aromatic heterocycles. The maximum Gasteiger partial charge on any atom is 0.436 e. The number of nitrogens with two attached hydrogens (primary N) is 1. The summed E-state index contributed by atoms with van der Waals surface area (Å²) >= 11 is 2.04. The third-order valence-corrected chi connectivity index (χ3v) is 8.59. The van der Waals surface area contributed by atoms with E-state index in [9.17, 15) is 34.1 Å². The Balaban J connectivity index is 0.000000258. The van der Waals surface area contributed by atoms with Crippen molar-refractivity contribution in [2.24, 2.45) is 0 Å². The third-order valence-electron chi connectivity index (χ3n) is 6.41. The molecule has 0 atom stereocenters. The molecule has 0 spiro atoms. The second kappa shape index (κ2) is 15.8. The van der Waals surface area contributed by atoms with Gasteiger partial charge in [0, 0.05) is 6.07 Å². The van der Waals surface area contributed by atoms with Crippen molar-refractivity contribution in [3.8, 4) is 0 Å². The molecule has 18 nitrogen and oxygen atoms in total. The van der Waals surface area contributed by atoms with Gasteiger partial charge in [-0.05, 0) is 73.6 Å². The zero-order chi connectivity index (χ0) is 39.4. The molecule has 0 aliphatic carbocycles. The molecule has 0 saturated carbocycles. The highest BCUT2D eigenvalue weighted by Gasteiger charge is 2.28. The Labute approximate surface area is 309 Å². The van der Waals surface area contributed by atoms with Crippen LogP contribution in [-0.4, -0.2) is 78.9 Å². The number of rotatable bonds is 7. The SMILES string of the molecule is CCOC(=O)n1nc(N)c2cc(C(=O)OC(C)(C)C)sc21.CCOC(=O)n1nc(NC(=O)c2ccccc2[N+](=O)[O-])c2cc(C(=O)OC(C)(C)C)sc21. The van der Waals surface area contributed by atoms with Crippen LogP contribution in [-0.2, 0) is 18.9 Å². The van der Waals surface area contributed by atoms with E-state index in [4.69, 9.17) is 24.7 Å². The van der Waals surface area contributed by atoms with E-state index >= 15 is 0 Å². The van der Waals surface area contributed by atoms with Crippen LogP contribution in [0.1, 0.15) is 85.1 Å². The lowest BCUT2D eigenvalue weighted by molar-refractivity contribution is -0.385. The van der Waals surface area contributed by atoms with Crippen LogP contribution in [0.2, 0.25) is 0 Å². The van der Waals surface area contributed by atoms with Gasteiger partial charge in [-0.25, -0.2) is 19.2 Å². The van der Waals surface area contributed by atoms with Crippen molar-refractivity contribution >= 4 is 90.5 Å². The van der Waals surface area contributed by atoms with Crippen LogP contribution >= 0.6 is 22.7 Å². The lowest BCUT2D eigenvalue weighted by atomic mass is 10.1. The number of anilines is 2. The number of carbonyl (C=O) groups is 5. The number of nitro groups is 1. The van der Waals surface area contributed by atoms with Crippen molar-refractivity contribution in [2.45, 2.75) is 66.6 Å².